The number of aryl methyl sites for hydroxylation is 1. The highest BCUT2D eigenvalue weighted by molar-refractivity contribution is 7.89. The van der Waals surface area contributed by atoms with Gasteiger partial charge in [0.05, 0.1) is 24.7 Å². The highest BCUT2D eigenvalue weighted by Gasteiger charge is 2.41. The summed E-state index contributed by atoms with van der Waals surface area (Å²) in [5, 5.41) is 0. The van der Waals surface area contributed by atoms with E-state index in [1.54, 1.807) is 31.2 Å². The fraction of sp³-hybridized carbons (Fsp3) is 0.500. The lowest BCUT2D eigenvalue weighted by molar-refractivity contribution is -0.151. The second-order valence-corrected chi connectivity index (χ2v) is 6.96. The highest BCUT2D eigenvalue weighted by atomic mass is 32.2. The standard InChI is InChI=1S/C14H19NO5S/c1-10-4-6-12(7-5-10)21(17,18)15-8-11(2)20-9-13(15)14(16)19-3/h4-7,11,13H,8-9H2,1-3H3/t11-,13-/m0/s1. The number of hydrogen-bond donors (Lipinski definition) is 0. The zero-order chi connectivity index (χ0) is 15.6. The summed E-state index contributed by atoms with van der Waals surface area (Å²) in [5.41, 5.74) is 0.966. The molecule has 0 saturated carbocycles. The summed E-state index contributed by atoms with van der Waals surface area (Å²) in [4.78, 5) is 12.0. The van der Waals surface area contributed by atoms with E-state index in [-0.39, 0.29) is 24.2 Å². The van der Waals surface area contributed by atoms with Gasteiger partial charge in [0, 0.05) is 6.54 Å². The number of sulfonamides is 1. The molecule has 2 atom stereocenters. The monoisotopic (exact) mass is 313 g/mol. The van der Waals surface area contributed by atoms with Crippen LogP contribution in [0.5, 0.6) is 0 Å². The summed E-state index contributed by atoms with van der Waals surface area (Å²) in [6.07, 6.45) is -0.272. The molecule has 116 valence electrons. The number of carbonyl (C=O) groups excluding carboxylic acids is 1. The van der Waals surface area contributed by atoms with Gasteiger partial charge in [-0.05, 0) is 26.0 Å². The lowest BCUT2D eigenvalue weighted by atomic mass is 10.2. The fourth-order valence-electron chi connectivity index (χ4n) is 2.20. The van der Waals surface area contributed by atoms with E-state index in [0.29, 0.717) is 0 Å². The van der Waals surface area contributed by atoms with Crippen LogP contribution in [0.25, 0.3) is 0 Å². The normalized spacial score (nSPS) is 23.8. The van der Waals surface area contributed by atoms with Crippen LogP contribution in [0.3, 0.4) is 0 Å². The second kappa shape index (κ2) is 6.13. The van der Waals surface area contributed by atoms with Gasteiger partial charge in [-0.2, -0.15) is 4.31 Å². The van der Waals surface area contributed by atoms with E-state index in [2.05, 4.69) is 4.74 Å². The molecule has 1 saturated heterocycles. The lowest BCUT2D eigenvalue weighted by Gasteiger charge is -2.35. The summed E-state index contributed by atoms with van der Waals surface area (Å²) < 4.78 is 36.7. The van der Waals surface area contributed by atoms with Crippen molar-refractivity contribution in [1.82, 2.24) is 4.31 Å². The number of methoxy groups -OCH3 is 1. The van der Waals surface area contributed by atoms with Gasteiger partial charge < -0.3 is 9.47 Å². The van der Waals surface area contributed by atoms with E-state index in [4.69, 9.17) is 4.74 Å². The molecule has 0 aliphatic carbocycles. The van der Waals surface area contributed by atoms with Crippen LogP contribution >= 0.6 is 0 Å². The van der Waals surface area contributed by atoms with Crippen LogP contribution in [0.1, 0.15) is 12.5 Å². The topological polar surface area (TPSA) is 72.9 Å². The first-order chi connectivity index (χ1) is 9.86. The number of carbonyl (C=O) groups is 1. The molecule has 0 radical (unpaired) electrons. The molecule has 0 aromatic heterocycles. The van der Waals surface area contributed by atoms with Crippen molar-refractivity contribution in [2.45, 2.75) is 30.9 Å². The van der Waals surface area contributed by atoms with E-state index in [1.165, 1.54) is 7.11 Å². The molecule has 0 bridgehead atoms. The Hall–Kier alpha value is -1.44. The Kier molecular flexibility index (Phi) is 4.65. The van der Waals surface area contributed by atoms with E-state index < -0.39 is 22.0 Å². The zero-order valence-electron chi connectivity index (χ0n) is 12.3. The largest absolute Gasteiger partial charge is 0.468 e. The second-order valence-electron chi connectivity index (χ2n) is 5.07. The van der Waals surface area contributed by atoms with Crippen LogP contribution in [0.2, 0.25) is 0 Å². The van der Waals surface area contributed by atoms with Gasteiger partial charge in [-0.25, -0.2) is 8.42 Å². The Balaban J connectivity index is 2.38. The van der Waals surface area contributed by atoms with Crippen LogP contribution in [0.4, 0.5) is 0 Å². The number of rotatable bonds is 3. The SMILES string of the molecule is COC(=O)[C@@H]1CO[C@@H](C)CN1S(=O)(=O)c1ccc(C)cc1. The molecule has 1 fully saturated rings. The molecule has 0 amide bonds. The number of nitrogens with zero attached hydrogens (tertiary/aromatic N) is 1. The van der Waals surface area contributed by atoms with Gasteiger partial charge in [0.2, 0.25) is 10.0 Å². The van der Waals surface area contributed by atoms with E-state index in [1.807, 2.05) is 6.92 Å². The first kappa shape index (κ1) is 15.9. The molecule has 1 aromatic rings. The summed E-state index contributed by atoms with van der Waals surface area (Å²) in [6, 6.07) is 5.59. The minimum absolute atomic E-state index is 0.00106. The Labute approximate surface area is 124 Å². The summed E-state index contributed by atoms with van der Waals surface area (Å²) in [6.45, 7) is 3.77. The summed E-state index contributed by atoms with van der Waals surface area (Å²) in [7, 11) is -2.53. The molecule has 1 aliphatic rings. The molecule has 21 heavy (non-hydrogen) atoms. The predicted octanol–water partition coefficient (Wildman–Crippen LogP) is 0.946. The average molecular weight is 313 g/mol. The van der Waals surface area contributed by atoms with Gasteiger partial charge >= 0.3 is 5.97 Å². The van der Waals surface area contributed by atoms with Crippen molar-refractivity contribution < 1.29 is 22.7 Å². The molecule has 6 nitrogen and oxygen atoms in total. The molecule has 7 heteroatoms. The van der Waals surface area contributed by atoms with Crippen LogP contribution in [0.15, 0.2) is 29.2 Å². The van der Waals surface area contributed by atoms with Crippen molar-refractivity contribution >= 4 is 16.0 Å². The van der Waals surface area contributed by atoms with Crippen LogP contribution < -0.4 is 0 Å². The van der Waals surface area contributed by atoms with E-state index in [9.17, 15) is 13.2 Å². The minimum atomic E-state index is -3.76. The molecule has 1 heterocycles. The van der Waals surface area contributed by atoms with Gasteiger partial charge in [0.25, 0.3) is 0 Å². The van der Waals surface area contributed by atoms with Crippen LogP contribution in [-0.4, -0.2) is 51.1 Å². The molecular formula is C14H19NO5S. The minimum Gasteiger partial charge on any atom is -0.468 e. The quantitative estimate of drug-likeness (QED) is 0.777. The predicted molar refractivity (Wildman–Crippen MR) is 76.3 cm³/mol. The van der Waals surface area contributed by atoms with Crippen molar-refractivity contribution in [3.05, 3.63) is 29.8 Å². The zero-order valence-corrected chi connectivity index (χ0v) is 13.1. The van der Waals surface area contributed by atoms with E-state index >= 15 is 0 Å². The third kappa shape index (κ3) is 3.25. The van der Waals surface area contributed by atoms with Crippen LogP contribution in [-0.2, 0) is 24.3 Å². The van der Waals surface area contributed by atoms with Crippen molar-refractivity contribution in [2.75, 3.05) is 20.3 Å². The molecule has 1 aromatic carbocycles. The molecule has 0 N–H and O–H groups in total. The van der Waals surface area contributed by atoms with Crippen LogP contribution in [0, 0.1) is 6.92 Å². The van der Waals surface area contributed by atoms with Gasteiger partial charge in [-0.15, -0.1) is 0 Å². The third-order valence-corrected chi connectivity index (χ3v) is 5.31. The molecule has 0 unspecified atom stereocenters. The van der Waals surface area contributed by atoms with Crippen molar-refractivity contribution in [1.29, 1.82) is 0 Å². The molecule has 0 spiro atoms. The number of benzene rings is 1. The number of esters is 1. The Morgan fingerprint density at radius 3 is 2.52 bits per heavy atom. The Bertz CT molecular complexity index is 611. The first-order valence-corrected chi connectivity index (χ1v) is 8.08. The maximum Gasteiger partial charge on any atom is 0.326 e. The third-order valence-electron chi connectivity index (χ3n) is 3.42. The Morgan fingerprint density at radius 1 is 1.33 bits per heavy atom. The lowest BCUT2D eigenvalue weighted by Crippen LogP contribution is -2.55. The maximum absolute atomic E-state index is 12.7. The number of ether oxygens (including phenoxy) is 2. The van der Waals surface area contributed by atoms with Gasteiger partial charge in [-0.3, -0.25) is 4.79 Å². The molecule has 1 aliphatic heterocycles. The molecular weight excluding hydrogens is 294 g/mol. The summed E-state index contributed by atoms with van der Waals surface area (Å²) in [5.74, 6) is -0.613. The maximum atomic E-state index is 12.7. The highest BCUT2D eigenvalue weighted by Crippen LogP contribution is 2.23. The van der Waals surface area contributed by atoms with Crippen molar-refractivity contribution in [3.63, 3.8) is 0 Å². The van der Waals surface area contributed by atoms with E-state index in [0.717, 1.165) is 9.87 Å². The Morgan fingerprint density at radius 2 is 1.95 bits per heavy atom. The van der Waals surface area contributed by atoms with Gasteiger partial charge in [0.15, 0.2) is 0 Å². The fourth-order valence-corrected chi connectivity index (χ4v) is 3.84. The summed E-state index contributed by atoms with van der Waals surface area (Å²) >= 11 is 0. The van der Waals surface area contributed by atoms with Gasteiger partial charge in [-0.1, -0.05) is 17.7 Å². The first-order valence-electron chi connectivity index (χ1n) is 6.64. The number of morpholine rings is 1. The van der Waals surface area contributed by atoms with Crippen molar-refractivity contribution in [2.24, 2.45) is 0 Å². The van der Waals surface area contributed by atoms with Crippen molar-refractivity contribution in [3.8, 4) is 0 Å². The smallest absolute Gasteiger partial charge is 0.326 e. The van der Waals surface area contributed by atoms with Gasteiger partial charge in [0.1, 0.15) is 6.04 Å². The number of hydrogen-bond acceptors (Lipinski definition) is 5. The average Bonchev–Trinajstić information content (AvgIpc) is 2.47. The molecule has 2 rings (SSSR count).